The molecule has 3 nitrogen and oxygen atoms in total. The number of hydroxylamine groups is 1. The quantitative estimate of drug-likeness (QED) is 0.127. The van der Waals surface area contributed by atoms with Crippen LogP contribution in [0, 0.1) is 0 Å². The smallest absolute Gasteiger partial charge is 0.324 e. The number of nitrogens with one attached hydrogen (secondary N) is 1. The van der Waals surface area contributed by atoms with E-state index in [1.165, 1.54) is 116 Å². The Balaban J connectivity index is 3.13. The molecule has 0 bridgehead atoms. The lowest BCUT2D eigenvalue weighted by Gasteiger charge is -2.06. The molecule has 0 amide bonds. The van der Waals surface area contributed by atoms with Crippen LogP contribution < -0.4 is 5.48 Å². The maximum atomic E-state index is 11.7. The molecule has 0 saturated heterocycles. The van der Waals surface area contributed by atoms with Gasteiger partial charge in [-0.1, -0.05) is 136 Å². The zero-order chi connectivity index (χ0) is 21.3. The highest BCUT2D eigenvalue weighted by atomic mass is 16.7. The second-order valence-corrected chi connectivity index (χ2v) is 8.84. The van der Waals surface area contributed by atoms with Gasteiger partial charge in [0.1, 0.15) is 0 Å². The Bertz CT molecular complexity index is 320. The summed E-state index contributed by atoms with van der Waals surface area (Å²) >= 11 is 0. The van der Waals surface area contributed by atoms with Gasteiger partial charge in [-0.15, -0.1) is 0 Å². The highest BCUT2D eigenvalue weighted by molar-refractivity contribution is 5.68. The second-order valence-electron chi connectivity index (χ2n) is 8.84. The summed E-state index contributed by atoms with van der Waals surface area (Å²) in [7, 11) is 0. The summed E-state index contributed by atoms with van der Waals surface area (Å²) < 4.78 is 0. The van der Waals surface area contributed by atoms with Gasteiger partial charge < -0.3 is 4.84 Å². The topological polar surface area (TPSA) is 38.3 Å². The van der Waals surface area contributed by atoms with Crippen LogP contribution in [0.25, 0.3) is 0 Å². The van der Waals surface area contributed by atoms with E-state index in [0.29, 0.717) is 6.42 Å². The first-order valence-electron chi connectivity index (χ1n) is 13.2. The molecule has 29 heavy (non-hydrogen) atoms. The van der Waals surface area contributed by atoms with E-state index in [9.17, 15) is 4.79 Å². The van der Waals surface area contributed by atoms with Crippen LogP contribution >= 0.6 is 0 Å². The van der Waals surface area contributed by atoms with Crippen LogP contribution in [0.3, 0.4) is 0 Å². The maximum absolute atomic E-state index is 11.7. The van der Waals surface area contributed by atoms with Gasteiger partial charge in [0.2, 0.25) is 0 Å². The van der Waals surface area contributed by atoms with Crippen molar-refractivity contribution in [3.63, 3.8) is 0 Å². The molecule has 0 rings (SSSR count). The predicted octanol–water partition coefficient (Wildman–Crippen LogP) is 8.66. The van der Waals surface area contributed by atoms with Crippen molar-refractivity contribution >= 4 is 5.97 Å². The molecule has 0 atom stereocenters. The zero-order valence-corrected chi connectivity index (χ0v) is 20.1. The van der Waals surface area contributed by atoms with Crippen LogP contribution in [0.15, 0.2) is 0 Å². The van der Waals surface area contributed by atoms with Gasteiger partial charge in [-0.25, -0.2) is 0 Å². The van der Waals surface area contributed by atoms with Crippen LogP contribution in [0.1, 0.15) is 155 Å². The van der Waals surface area contributed by atoms with Crippen molar-refractivity contribution in [1.82, 2.24) is 5.48 Å². The Labute approximate surface area is 183 Å². The lowest BCUT2D eigenvalue weighted by Crippen LogP contribution is -2.20. The molecule has 0 radical (unpaired) electrons. The lowest BCUT2D eigenvalue weighted by atomic mass is 10.1. The average Bonchev–Trinajstić information content (AvgIpc) is 2.72. The minimum atomic E-state index is -0.0908. The van der Waals surface area contributed by atoms with Gasteiger partial charge >= 0.3 is 5.97 Å². The lowest BCUT2D eigenvalue weighted by molar-refractivity contribution is -0.151. The van der Waals surface area contributed by atoms with Gasteiger partial charge in [0.25, 0.3) is 0 Å². The van der Waals surface area contributed by atoms with Gasteiger partial charge in [0.15, 0.2) is 0 Å². The normalized spacial score (nSPS) is 11.1. The van der Waals surface area contributed by atoms with Crippen molar-refractivity contribution in [2.45, 2.75) is 155 Å². The fourth-order valence-electron chi connectivity index (χ4n) is 3.80. The van der Waals surface area contributed by atoms with E-state index in [-0.39, 0.29) is 5.97 Å². The van der Waals surface area contributed by atoms with Crippen molar-refractivity contribution in [3.8, 4) is 0 Å². The van der Waals surface area contributed by atoms with Crippen LogP contribution in [0.4, 0.5) is 0 Å². The van der Waals surface area contributed by atoms with Crippen molar-refractivity contribution in [2.24, 2.45) is 0 Å². The average molecular weight is 412 g/mol. The Kier molecular flexibility index (Phi) is 25.0. The standard InChI is InChI=1S/C26H53NO2/c1-3-5-7-9-11-13-14-15-17-19-21-23-25-27-29-26(28)24-22-20-18-16-12-10-8-6-4-2/h27H,3-25H2,1-2H3. The Morgan fingerprint density at radius 1 is 0.517 bits per heavy atom. The van der Waals surface area contributed by atoms with Crippen LogP contribution in [-0.4, -0.2) is 12.5 Å². The summed E-state index contributed by atoms with van der Waals surface area (Å²) in [5.41, 5.74) is 2.85. The monoisotopic (exact) mass is 411 g/mol. The fraction of sp³-hybridized carbons (Fsp3) is 0.962. The second kappa shape index (κ2) is 25.5. The minimum absolute atomic E-state index is 0.0908. The molecule has 0 fully saturated rings. The number of carbonyl (C=O) groups is 1. The van der Waals surface area contributed by atoms with E-state index < -0.39 is 0 Å². The first-order chi connectivity index (χ1) is 14.3. The Morgan fingerprint density at radius 3 is 1.28 bits per heavy atom. The molecular formula is C26H53NO2. The first-order valence-corrected chi connectivity index (χ1v) is 13.2. The molecule has 0 aromatic heterocycles. The van der Waals surface area contributed by atoms with E-state index in [0.717, 1.165) is 25.8 Å². The predicted molar refractivity (Wildman–Crippen MR) is 127 cm³/mol. The number of unbranched alkanes of at least 4 members (excludes halogenated alkanes) is 19. The molecule has 0 aromatic rings. The molecule has 0 aliphatic heterocycles. The highest BCUT2D eigenvalue weighted by Crippen LogP contribution is 2.12. The molecule has 0 spiro atoms. The van der Waals surface area contributed by atoms with Gasteiger partial charge in [0.05, 0.1) is 0 Å². The molecule has 0 heterocycles. The van der Waals surface area contributed by atoms with E-state index in [4.69, 9.17) is 4.84 Å². The summed E-state index contributed by atoms with van der Waals surface area (Å²) in [5, 5.41) is 0. The molecule has 0 aliphatic carbocycles. The zero-order valence-electron chi connectivity index (χ0n) is 20.1. The molecule has 3 heteroatoms. The Hall–Kier alpha value is -0.570. The third kappa shape index (κ3) is 25.4. The number of hydrogen-bond donors (Lipinski definition) is 1. The first kappa shape index (κ1) is 28.4. The van der Waals surface area contributed by atoms with Gasteiger partial charge in [-0.05, 0) is 12.8 Å². The third-order valence-corrected chi connectivity index (χ3v) is 5.80. The number of hydrogen-bond acceptors (Lipinski definition) is 3. The van der Waals surface area contributed by atoms with E-state index >= 15 is 0 Å². The largest absolute Gasteiger partial charge is 0.371 e. The fourth-order valence-corrected chi connectivity index (χ4v) is 3.80. The molecule has 0 aliphatic rings. The molecule has 0 saturated carbocycles. The summed E-state index contributed by atoms with van der Waals surface area (Å²) in [6, 6.07) is 0. The van der Waals surface area contributed by atoms with E-state index in [2.05, 4.69) is 19.3 Å². The maximum Gasteiger partial charge on any atom is 0.324 e. The molecule has 1 N–H and O–H groups in total. The molecule has 0 unspecified atom stereocenters. The Morgan fingerprint density at radius 2 is 0.862 bits per heavy atom. The molecular weight excluding hydrogens is 358 g/mol. The minimum Gasteiger partial charge on any atom is -0.371 e. The SMILES string of the molecule is CCCCCCCCCCCCCCNOC(=O)CCCCCCCCCCC. The van der Waals surface area contributed by atoms with Gasteiger partial charge in [0, 0.05) is 13.0 Å². The highest BCUT2D eigenvalue weighted by Gasteiger charge is 2.02. The summed E-state index contributed by atoms with van der Waals surface area (Å²) in [5.74, 6) is -0.0908. The summed E-state index contributed by atoms with van der Waals surface area (Å²) in [4.78, 5) is 16.8. The van der Waals surface area contributed by atoms with E-state index in [1.54, 1.807) is 0 Å². The summed E-state index contributed by atoms with van der Waals surface area (Å²) in [6.45, 7) is 5.33. The van der Waals surface area contributed by atoms with Crippen molar-refractivity contribution in [2.75, 3.05) is 6.54 Å². The number of carbonyl (C=O) groups excluding carboxylic acids is 1. The van der Waals surface area contributed by atoms with Crippen LogP contribution in [-0.2, 0) is 9.63 Å². The van der Waals surface area contributed by atoms with Gasteiger partial charge in [-0.3, -0.25) is 4.79 Å². The van der Waals surface area contributed by atoms with Crippen LogP contribution in [0.2, 0.25) is 0 Å². The molecule has 0 aromatic carbocycles. The van der Waals surface area contributed by atoms with Crippen molar-refractivity contribution in [1.29, 1.82) is 0 Å². The number of rotatable bonds is 24. The third-order valence-electron chi connectivity index (χ3n) is 5.80. The van der Waals surface area contributed by atoms with Crippen molar-refractivity contribution < 1.29 is 9.63 Å². The molecule has 174 valence electrons. The van der Waals surface area contributed by atoms with E-state index in [1.807, 2.05) is 0 Å². The van der Waals surface area contributed by atoms with Crippen LogP contribution in [0.5, 0.6) is 0 Å². The van der Waals surface area contributed by atoms with Gasteiger partial charge in [-0.2, -0.15) is 5.48 Å². The van der Waals surface area contributed by atoms with Crippen molar-refractivity contribution in [3.05, 3.63) is 0 Å². The summed E-state index contributed by atoms with van der Waals surface area (Å²) in [6.07, 6.45) is 28.3.